The Labute approximate surface area is 150 Å². The topological polar surface area (TPSA) is 54.6 Å². The molecule has 1 amide bonds. The zero-order valence-corrected chi connectivity index (χ0v) is 14.5. The number of benzene rings is 2. The fraction of sp³-hybridized carbons (Fsp3) is 0. The van der Waals surface area contributed by atoms with E-state index in [0.717, 1.165) is 11.3 Å². The molecule has 0 spiro atoms. The number of aromatic nitrogens is 1. The van der Waals surface area contributed by atoms with Crippen molar-refractivity contribution in [3.63, 3.8) is 0 Å². The van der Waals surface area contributed by atoms with Crippen LogP contribution in [0.4, 0.5) is 0 Å². The van der Waals surface area contributed by atoms with E-state index >= 15 is 0 Å². The van der Waals surface area contributed by atoms with Crippen LogP contribution in [0.2, 0.25) is 5.02 Å². The molecule has 118 valence electrons. The maximum absolute atomic E-state index is 12.3. The summed E-state index contributed by atoms with van der Waals surface area (Å²) in [7, 11) is 0. The van der Waals surface area contributed by atoms with E-state index in [1.807, 2.05) is 12.1 Å². The van der Waals surface area contributed by atoms with E-state index in [-0.39, 0.29) is 11.8 Å². The van der Waals surface area contributed by atoms with Crippen molar-refractivity contribution in [3.8, 4) is 11.6 Å². The van der Waals surface area contributed by atoms with Crippen molar-refractivity contribution in [1.82, 2.24) is 4.57 Å². The van der Waals surface area contributed by atoms with Crippen molar-refractivity contribution < 1.29 is 9.90 Å². The van der Waals surface area contributed by atoms with Gasteiger partial charge < -0.3 is 5.11 Å². The maximum Gasteiger partial charge on any atom is 0.279 e. The maximum atomic E-state index is 12.3. The smallest absolute Gasteiger partial charge is 0.279 e. The molecule has 1 N–H and O–H groups in total. The number of thiazole rings is 1. The molecule has 0 radical (unpaired) electrons. The van der Waals surface area contributed by atoms with Gasteiger partial charge in [-0.05, 0) is 30.4 Å². The van der Waals surface area contributed by atoms with Crippen LogP contribution in [0.25, 0.3) is 11.3 Å². The van der Waals surface area contributed by atoms with E-state index in [0.29, 0.717) is 35.7 Å². The lowest BCUT2D eigenvalue weighted by Crippen LogP contribution is -2.22. The lowest BCUT2D eigenvalue weighted by molar-refractivity contribution is -0.112. The Morgan fingerprint density at radius 1 is 1.12 bits per heavy atom. The lowest BCUT2D eigenvalue weighted by atomic mass is 10.1. The molecule has 7 heteroatoms. The number of para-hydroxylation sites is 2. The first-order valence-corrected chi connectivity index (χ1v) is 8.60. The molecule has 1 aliphatic heterocycles. The molecular formula is C17H9ClN2O2S2. The molecule has 0 saturated heterocycles. The monoisotopic (exact) mass is 372 g/mol. The SMILES string of the molecule is O=C1N=c2ccccc2=C1c1sc(=S)n(-c2ccccc2Cl)c1O. The number of hydrogen-bond acceptors (Lipinski definition) is 4. The normalized spacial score (nSPS) is 13.0. The van der Waals surface area contributed by atoms with Gasteiger partial charge in [0, 0.05) is 5.22 Å². The van der Waals surface area contributed by atoms with Crippen LogP contribution in [0, 0.1) is 3.95 Å². The zero-order chi connectivity index (χ0) is 16.8. The minimum absolute atomic E-state index is 0.103. The van der Waals surface area contributed by atoms with Gasteiger partial charge in [0.2, 0.25) is 5.88 Å². The predicted octanol–water partition coefficient (Wildman–Crippen LogP) is 2.99. The van der Waals surface area contributed by atoms with Gasteiger partial charge in [-0.2, -0.15) is 0 Å². The summed E-state index contributed by atoms with van der Waals surface area (Å²) in [4.78, 5) is 16.8. The quantitative estimate of drug-likeness (QED) is 0.703. The van der Waals surface area contributed by atoms with Gasteiger partial charge in [-0.3, -0.25) is 9.36 Å². The molecule has 24 heavy (non-hydrogen) atoms. The Morgan fingerprint density at radius 3 is 2.62 bits per heavy atom. The number of carbonyl (C=O) groups is 1. The highest BCUT2D eigenvalue weighted by Gasteiger charge is 2.25. The van der Waals surface area contributed by atoms with Crippen LogP contribution in [0.5, 0.6) is 5.88 Å². The van der Waals surface area contributed by atoms with Crippen LogP contribution in [0.1, 0.15) is 4.88 Å². The van der Waals surface area contributed by atoms with Crippen molar-refractivity contribution in [1.29, 1.82) is 0 Å². The van der Waals surface area contributed by atoms with Crippen molar-refractivity contribution in [2.24, 2.45) is 4.99 Å². The van der Waals surface area contributed by atoms with Crippen LogP contribution >= 0.6 is 35.2 Å². The molecule has 4 rings (SSSR count). The lowest BCUT2D eigenvalue weighted by Gasteiger charge is -2.07. The minimum Gasteiger partial charge on any atom is -0.493 e. The third-order valence-electron chi connectivity index (χ3n) is 3.72. The molecule has 0 bridgehead atoms. The molecule has 4 nitrogen and oxygen atoms in total. The third-order valence-corrected chi connectivity index (χ3v) is 5.42. The van der Waals surface area contributed by atoms with Crippen LogP contribution in [-0.2, 0) is 4.79 Å². The van der Waals surface area contributed by atoms with Gasteiger partial charge in [-0.1, -0.05) is 41.9 Å². The largest absolute Gasteiger partial charge is 0.493 e. The summed E-state index contributed by atoms with van der Waals surface area (Å²) in [5, 5.41) is 12.5. The van der Waals surface area contributed by atoms with Crippen LogP contribution in [0.15, 0.2) is 53.5 Å². The molecule has 0 aliphatic carbocycles. The molecule has 0 unspecified atom stereocenters. The number of fused-ring (bicyclic) bond motifs is 1. The van der Waals surface area contributed by atoms with Gasteiger partial charge in [0.15, 0.2) is 3.95 Å². The number of carbonyl (C=O) groups excluding carboxylic acids is 1. The first-order valence-electron chi connectivity index (χ1n) is 7.00. The standard InChI is InChI=1S/C17H9ClN2O2S2/c18-10-6-2-4-8-12(10)20-16(22)14(24-17(20)23)13-9-5-1-3-7-11(9)19-15(13)21/h1-8,22H. The number of hydrogen-bond donors (Lipinski definition) is 1. The van der Waals surface area contributed by atoms with Crippen LogP contribution < -0.4 is 10.6 Å². The Morgan fingerprint density at radius 2 is 1.83 bits per heavy atom. The minimum atomic E-state index is -0.381. The van der Waals surface area contributed by atoms with Crippen molar-refractivity contribution in [3.05, 3.63) is 73.0 Å². The summed E-state index contributed by atoms with van der Waals surface area (Å²) in [6.07, 6.45) is 0. The highest BCUT2D eigenvalue weighted by atomic mass is 35.5. The van der Waals surface area contributed by atoms with Crippen LogP contribution in [-0.4, -0.2) is 15.6 Å². The van der Waals surface area contributed by atoms with Gasteiger partial charge >= 0.3 is 0 Å². The predicted molar refractivity (Wildman–Crippen MR) is 95.9 cm³/mol. The van der Waals surface area contributed by atoms with Gasteiger partial charge in [-0.15, -0.1) is 11.3 Å². The second-order valence-corrected chi connectivity index (χ2v) is 7.17. The summed E-state index contributed by atoms with van der Waals surface area (Å²) in [5.74, 6) is -0.484. The van der Waals surface area contributed by atoms with Crippen LogP contribution in [0.3, 0.4) is 0 Å². The van der Waals surface area contributed by atoms with Gasteiger partial charge in [0.05, 0.1) is 21.6 Å². The Bertz CT molecular complexity index is 1180. The summed E-state index contributed by atoms with van der Waals surface area (Å²) < 4.78 is 1.87. The Hall–Kier alpha value is -2.28. The number of halogens is 1. The number of rotatable bonds is 2. The van der Waals surface area contributed by atoms with E-state index in [2.05, 4.69) is 4.99 Å². The molecule has 2 heterocycles. The Kier molecular flexibility index (Phi) is 3.60. The van der Waals surface area contributed by atoms with Gasteiger partial charge in [0.1, 0.15) is 4.88 Å². The summed E-state index contributed by atoms with van der Waals surface area (Å²) in [6.45, 7) is 0. The molecule has 0 saturated carbocycles. The summed E-state index contributed by atoms with van der Waals surface area (Å²) in [6, 6.07) is 14.3. The van der Waals surface area contributed by atoms with Crippen molar-refractivity contribution in [2.45, 2.75) is 0 Å². The van der Waals surface area contributed by atoms with E-state index < -0.39 is 0 Å². The van der Waals surface area contributed by atoms with E-state index in [9.17, 15) is 9.90 Å². The van der Waals surface area contributed by atoms with Crippen molar-refractivity contribution in [2.75, 3.05) is 0 Å². The molecular weight excluding hydrogens is 364 g/mol. The fourth-order valence-corrected chi connectivity index (χ4v) is 4.25. The Balaban J connectivity index is 2.04. The second-order valence-electron chi connectivity index (χ2n) is 5.12. The first-order chi connectivity index (χ1) is 11.6. The highest BCUT2D eigenvalue weighted by Crippen LogP contribution is 2.36. The van der Waals surface area contributed by atoms with E-state index in [1.54, 1.807) is 36.4 Å². The third kappa shape index (κ3) is 2.23. The molecule has 1 aliphatic rings. The summed E-state index contributed by atoms with van der Waals surface area (Å²) in [5.41, 5.74) is 0.936. The molecule has 0 atom stereocenters. The van der Waals surface area contributed by atoms with Crippen molar-refractivity contribution >= 4 is 46.6 Å². The number of nitrogens with zero attached hydrogens (tertiary/aromatic N) is 2. The summed E-state index contributed by atoms with van der Waals surface area (Å²) >= 11 is 12.8. The molecule has 2 aromatic carbocycles. The molecule has 3 aromatic rings. The van der Waals surface area contributed by atoms with E-state index in [4.69, 9.17) is 23.8 Å². The fourth-order valence-electron chi connectivity index (χ4n) is 2.66. The average Bonchev–Trinajstić information content (AvgIpc) is 3.04. The van der Waals surface area contributed by atoms with Gasteiger partial charge in [-0.25, -0.2) is 4.99 Å². The molecule has 0 fully saturated rings. The zero-order valence-electron chi connectivity index (χ0n) is 12.1. The number of aromatic hydroxyl groups is 1. The first kappa shape index (κ1) is 15.3. The average molecular weight is 373 g/mol. The second kappa shape index (κ2) is 5.66. The highest BCUT2D eigenvalue weighted by molar-refractivity contribution is 7.73. The molecule has 1 aromatic heterocycles. The van der Waals surface area contributed by atoms with Gasteiger partial charge in [0.25, 0.3) is 5.91 Å². The number of amides is 1. The van der Waals surface area contributed by atoms with E-state index in [1.165, 1.54) is 4.57 Å².